The van der Waals surface area contributed by atoms with Crippen molar-refractivity contribution in [3.05, 3.63) is 74.3 Å². The van der Waals surface area contributed by atoms with Gasteiger partial charge in [-0.25, -0.2) is 4.98 Å². The molecule has 1 saturated heterocycles. The van der Waals surface area contributed by atoms with E-state index in [1.165, 1.54) is 6.07 Å². The molecule has 3 aromatic rings. The van der Waals surface area contributed by atoms with E-state index in [1.54, 1.807) is 24.3 Å². The van der Waals surface area contributed by atoms with Gasteiger partial charge in [-0.2, -0.15) is 5.26 Å². The van der Waals surface area contributed by atoms with E-state index in [-0.39, 0.29) is 16.8 Å². The summed E-state index contributed by atoms with van der Waals surface area (Å²) in [5, 5.41) is 20.9. The van der Waals surface area contributed by atoms with Gasteiger partial charge in [0.15, 0.2) is 0 Å². The highest BCUT2D eigenvalue weighted by atomic mass is 16.6. The van der Waals surface area contributed by atoms with Crippen LogP contribution in [0.1, 0.15) is 11.4 Å². The Bertz CT molecular complexity index is 1170. The Morgan fingerprint density at radius 1 is 1.17 bits per heavy atom. The Morgan fingerprint density at radius 3 is 2.66 bits per heavy atom. The van der Waals surface area contributed by atoms with E-state index in [1.807, 2.05) is 23.1 Å². The van der Waals surface area contributed by atoms with Crippen LogP contribution in [0.15, 0.2) is 47.3 Å². The number of fused-ring (bicyclic) bond motifs is 1. The number of nitrogens with zero attached hydrogens (tertiary/aromatic N) is 5. The molecule has 4 rings (SSSR count). The van der Waals surface area contributed by atoms with Gasteiger partial charge in [-0.05, 0) is 24.3 Å². The zero-order chi connectivity index (χ0) is 20.4. The minimum Gasteiger partial charge on any atom is -0.363 e. The van der Waals surface area contributed by atoms with Gasteiger partial charge in [0.2, 0.25) is 0 Å². The van der Waals surface area contributed by atoms with Gasteiger partial charge in [0.1, 0.15) is 11.5 Å². The third-order valence-electron chi connectivity index (χ3n) is 5.05. The average Bonchev–Trinajstić information content (AvgIpc) is 2.74. The molecular formula is C20H18N6O3. The van der Waals surface area contributed by atoms with Crippen molar-refractivity contribution in [1.29, 1.82) is 5.26 Å². The molecule has 0 saturated carbocycles. The highest BCUT2D eigenvalue weighted by molar-refractivity contribution is 5.77. The molecule has 1 aliphatic heterocycles. The third-order valence-corrected chi connectivity index (χ3v) is 5.05. The van der Waals surface area contributed by atoms with Crippen LogP contribution in [0, 0.1) is 21.4 Å². The number of nitriles is 1. The number of piperazine rings is 1. The fourth-order valence-corrected chi connectivity index (χ4v) is 3.58. The molecule has 29 heavy (non-hydrogen) atoms. The molecule has 1 aromatic heterocycles. The number of benzene rings is 2. The molecule has 2 heterocycles. The predicted molar refractivity (Wildman–Crippen MR) is 108 cm³/mol. The van der Waals surface area contributed by atoms with E-state index < -0.39 is 4.92 Å². The second-order valence-electron chi connectivity index (χ2n) is 6.87. The molecule has 0 aliphatic carbocycles. The number of H-pyrrole nitrogens is 1. The van der Waals surface area contributed by atoms with Gasteiger partial charge in [0, 0.05) is 32.2 Å². The predicted octanol–water partition coefficient (Wildman–Crippen LogP) is 2.03. The first-order valence-corrected chi connectivity index (χ1v) is 9.19. The van der Waals surface area contributed by atoms with Crippen LogP contribution in [0.2, 0.25) is 0 Å². The molecule has 2 aromatic carbocycles. The van der Waals surface area contributed by atoms with Crippen molar-refractivity contribution in [3.8, 4) is 6.07 Å². The van der Waals surface area contributed by atoms with Gasteiger partial charge >= 0.3 is 0 Å². The first kappa shape index (κ1) is 18.6. The number of anilines is 1. The minimum absolute atomic E-state index is 0.0574. The number of aromatic nitrogens is 2. The maximum Gasteiger partial charge on any atom is 0.293 e. The molecular weight excluding hydrogens is 372 g/mol. The SMILES string of the molecule is N#Cc1ccc(N2CCN(Cc3nc4ccccc4c(=O)[nH]3)CC2)c([N+](=O)[O-])c1. The fourth-order valence-electron chi connectivity index (χ4n) is 3.58. The zero-order valence-electron chi connectivity index (χ0n) is 15.5. The Kier molecular flexibility index (Phi) is 4.93. The van der Waals surface area contributed by atoms with Crippen LogP contribution < -0.4 is 10.5 Å². The van der Waals surface area contributed by atoms with E-state index in [4.69, 9.17) is 5.26 Å². The second-order valence-corrected chi connectivity index (χ2v) is 6.87. The summed E-state index contributed by atoms with van der Waals surface area (Å²) < 4.78 is 0. The van der Waals surface area contributed by atoms with E-state index in [9.17, 15) is 14.9 Å². The summed E-state index contributed by atoms with van der Waals surface area (Å²) in [7, 11) is 0. The maximum absolute atomic E-state index is 12.2. The van der Waals surface area contributed by atoms with Crippen molar-refractivity contribution in [3.63, 3.8) is 0 Å². The molecule has 1 N–H and O–H groups in total. The standard InChI is InChI=1S/C20H18N6O3/c21-12-14-5-6-17(18(11-14)26(28)29)25-9-7-24(8-10-25)13-19-22-16-4-2-1-3-15(16)20(27)23-19/h1-6,11H,7-10,13H2,(H,22,23,27). The largest absolute Gasteiger partial charge is 0.363 e. The lowest BCUT2D eigenvalue weighted by Gasteiger charge is -2.35. The lowest BCUT2D eigenvalue weighted by Crippen LogP contribution is -2.46. The molecule has 0 amide bonds. The normalized spacial score (nSPS) is 14.7. The smallest absolute Gasteiger partial charge is 0.293 e. The number of nitro groups is 1. The third kappa shape index (κ3) is 3.79. The van der Waals surface area contributed by atoms with Gasteiger partial charge in [0.25, 0.3) is 11.2 Å². The van der Waals surface area contributed by atoms with Crippen molar-refractivity contribution in [2.45, 2.75) is 6.54 Å². The number of hydrogen-bond acceptors (Lipinski definition) is 7. The van der Waals surface area contributed by atoms with Crippen LogP contribution in [-0.2, 0) is 6.54 Å². The molecule has 1 fully saturated rings. The number of para-hydroxylation sites is 1. The lowest BCUT2D eigenvalue weighted by molar-refractivity contribution is -0.384. The van der Waals surface area contributed by atoms with Gasteiger partial charge in [-0.15, -0.1) is 0 Å². The Balaban J connectivity index is 1.47. The number of aromatic amines is 1. The second kappa shape index (κ2) is 7.69. The molecule has 9 heteroatoms. The maximum atomic E-state index is 12.2. The molecule has 0 spiro atoms. The molecule has 146 valence electrons. The summed E-state index contributed by atoms with van der Waals surface area (Å²) in [4.78, 5) is 34.6. The topological polar surface area (TPSA) is 119 Å². The van der Waals surface area contributed by atoms with E-state index in [0.717, 1.165) is 0 Å². The Labute approximate surface area is 166 Å². The zero-order valence-corrected chi connectivity index (χ0v) is 15.5. The summed E-state index contributed by atoms with van der Waals surface area (Å²) >= 11 is 0. The van der Waals surface area contributed by atoms with E-state index in [2.05, 4.69) is 14.9 Å². The van der Waals surface area contributed by atoms with Crippen LogP contribution in [-0.4, -0.2) is 46.0 Å². The number of nitrogens with one attached hydrogen (secondary N) is 1. The molecule has 0 radical (unpaired) electrons. The number of hydrogen-bond donors (Lipinski definition) is 1. The molecule has 9 nitrogen and oxygen atoms in total. The van der Waals surface area contributed by atoms with E-state index in [0.29, 0.717) is 55.1 Å². The number of rotatable bonds is 4. The summed E-state index contributed by atoms with van der Waals surface area (Å²) in [5.74, 6) is 0.603. The molecule has 0 bridgehead atoms. The van der Waals surface area contributed by atoms with Crippen LogP contribution in [0.25, 0.3) is 10.9 Å². The average molecular weight is 390 g/mol. The van der Waals surface area contributed by atoms with Crippen molar-refractivity contribution in [2.24, 2.45) is 0 Å². The summed E-state index contributed by atoms with van der Waals surface area (Å²) in [6.07, 6.45) is 0. The van der Waals surface area contributed by atoms with Crippen molar-refractivity contribution in [2.75, 3.05) is 31.1 Å². The quantitative estimate of drug-likeness (QED) is 0.535. The van der Waals surface area contributed by atoms with Crippen molar-refractivity contribution < 1.29 is 4.92 Å². The van der Waals surface area contributed by atoms with Crippen LogP contribution >= 0.6 is 0 Å². The molecule has 1 aliphatic rings. The lowest BCUT2D eigenvalue weighted by atomic mass is 10.1. The van der Waals surface area contributed by atoms with Gasteiger partial charge in [-0.3, -0.25) is 19.8 Å². The van der Waals surface area contributed by atoms with Crippen LogP contribution in [0.5, 0.6) is 0 Å². The Morgan fingerprint density at radius 2 is 1.93 bits per heavy atom. The minimum atomic E-state index is -0.452. The highest BCUT2D eigenvalue weighted by Crippen LogP contribution is 2.30. The highest BCUT2D eigenvalue weighted by Gasteiger charge is 2.24. The monoisotopic (exact) mass is 390 g/mol. The van der Waals surface area contributed by atoms with Crippen LogP contribution in [0.4, 0.5) is 11.4 Å². The van der Waals surface area contributed by atoms with Gasteiger partial charge in [0.05, 0.1) is 34.0 Å². The Hall–Kier alpha value is -3.77. The van der Waals surface area contributed by atoms with Crippen LogP contribution in [0.3, 0.4) is 0 Å². The molecule has 0 atom stereocenters. The summed E-state index contributed by atoms with van der Waals surface area (Å²) in [6, 6.07) is 13.7. The van der Waals surface area contributed by atoms with Crippen molar-refractivity contribution >= 4 is 22.3 Å². The first-order valence-electron chi connectivity index (χ1n) is 9.19. The van der Waals surface area contributed by atoms with E-state index >= 15 is 0 Å². The van der Waals surface area contributed by atoms with Gasteiger partial charge in [-0.1, -0.05) is 12.1 Å². The molecule has 0 unspecified atom stereocenters. The first-order chi connectivity index (χ1) is 14.0. The van der Waals surface area contributed by atoms with Crippen molar-refractivity contribution in [1.82, 2.24) is 14.9 Å². The summed E-state index contributed by atoms with van der Waals surface area (Å²) in [5.41, 5.74) is 1.24. The van der Waals surface area contributed by atoms with Gasteiger partial charge < -0.3 is 9.88 Å². The number of nitro benzene ring substituents is 1. The fraction of sp³-hybridized carbons (Fsp3) is 0.250. The summed E-state index contributed by atoms with van der Waals surface area (Å²) in [6.45, 7) is 3.06.